The van der Waals surface area contributed by atoms with Crippen LogP contribution in [0.2, 0.25) is 0 Å². The van der Waals surface area contributed by atoms with Crippen molar-refractivity contribution in [3.8, 4) is 0 Å². The van der Waals surface area contributed by atoms with E-state index in [1.54, 1.807) is 12.1 Å². The average Bonchev–Trinajstić information content (AvgIpc) is 2.57. The van der Waals surface area contributed by atoms with Gasteiger partial charge in [0.25, 0.3) is 15.9 Å². The number of hydrogen-bond acceptors (Lipinski definition) is 3. The zero-order chi connectivity index (χ0) is 14.2. The minimum Gasteiger partial charge on any atom is -0.282 e. The topological polar surface area (TPSA) is 75.2 Å². The van der Waals surface area contributed by atoms with Crippen LogP contribution < -0.4 is 10.00 Å². The molecule has 0 spiro atoms. The van der Waals surface area contributed by atoms with Gasteiger partial charge in [0.1, 0.15) is 12.7 Å². The van der Waals surface area contributed by atoms with Crippen LogP contribution in [-0.4, -0.2) is 17.7 Å². The molecule has 0 atom stereocenters. The van der Waals surface area contributed by atoms with E-state index in [0.717, 1.165) is 17.2 Å². The molecule has 1 heterocycles. The van der Waals surface area contributed by atoms with Gasteiger partial charge in [-0.3, -0.25) is 4.55 Å². The van der Waals surface area contributed by atoms with Gasteiger partial charge in [0.05, 0.1) is 16.7 Å². The Balaban J connectivity index is 2.27. The van der Waals surface area contributed by atoms with Crippen LogP contribution in [0.4, 0.5) is 11.5 Å². The summed E-state index contributed by atoms with van der Waals surface area (Å²) in [5.74, 6) is 0.889. The van der Waals surface area contributed by atoms with Crippen molar-refractivity contribution in [1.29, 1.82) is 0 Å². The standard InChI is InChI=1S/C12H15N3O3S/c1-9-8-12(15(3)14(9)2)13-10-4-6-11(7-5-10)19(16,17)18/h4-8H,1-3H3,(H,16,17,18)/p+1. The lowest BCUT2D eigenvalue weighted by atomic mass is 10.3. The number of nitrogens with one attached hydrogen (secondary N) is 1. The molecule has 1 aromatic carbocycles. The Bertz CT molecular complexity index is 703. The lowest BCUT2D eigenvalue weighted by molar-refractivity contribution is -0.738. The molecular formula is C12H16N3O3S+. The fourth-order valence-corrected chi connectivity index (χ4v) is 2.24. The van der Waals surface area contributed by atoms with Crippen molar-refractivity contribution >= 4 is 21.6 Å². The Labute approximate surface area is 112 Å². The zero-order valence-corrected chi connectivity index (χ0v) is 11.8. The number of benzene rings is 1. The van der Waals surface area contributed by atoms with Crippen LogP contribution in [0.25, 0.3) is 0 Å². The summed E-state index contributed by atoms with van der Waals surface area (Å²) in [6.45, 7) is 1.99. The second-order valence-corrected chi connectivity index (χ2v) is 5.76. The van der Waals surface area contributed by atoms with Crippen molar-refractivity contribution in [3.63, 3.8) is 0 Å². The van der Waals surface area contributed by atoms with Gasteiger partial charge in [-0.1, -0.05) is 0 Å². The molecule has 7 heteroatoms. The van der Waals surface area contributed by atoms with Gasteiger partial charge in [-0.05, 0) is 31.2 Å². The quantitative estimate of drug-likeness (QED) is 0.654. The minimum atomic E-state index is -4.14. The summed E-state index contributed by atoms with van der Waals surface area (Å²) < 4.78 is 34.7. The molecule has 0 aliphatic heterocycles. The van der Waals surface area contributed by atoms with Crippen molar-refractivity contribution in [3.05, 3.63) is 36.0 Å². The lowest BCUT2D eigenvalue weighted by Crippen LogP contribution is -2.39. The van der Waals surface area contributed by atoms with E-state index in [4.69, 9.17) is 4.55 Å². The summed E-state index contributed by atoms with van der Waals surface area (Å²) in [6, 6.07) is 7.90. The molecule has 19 heavy (non-hydrogen) atoms. The van der Waals surface area contributed by atoms with E-state index in [1.165, 1.54) is 12.1 Å². The number of aryl methyl sites for hydroxylation is 1. The molecule has 2 aromatic rings. The van der Waals surface area contributed by atoms with Gasteiger partial charge in [0.2, 0.25) is 0 Å². The predicted octanol–water partition coefficient (Wildman–Crippen LogP) is 1.15. The summed E-state index contributed by atoms with van der Waals surface area (Å²) in [5.41, 5.74) is 1.84. The van der Waals surface area contributed by atoms with Crippen LogP contribution in [0.15, 0.2) is 35.2 Å². The normalized spacial score (nSPS) is 11.6. The van der Waals surface area contributed by atoms with E-state index < -0.39 is 10.1 Å². The molecule has 0 fully saturated rings. The second-order valence-electron chi connectivity index (χ2n) is 4.34. The monoisotopic (exact) mass is 282 g/mol. The number of nitrogens with zero attached hydrogens (tertiary/aromatic N) is 2. The summed E-state index contributed by atoms with van der Waals surface area (Å²) in [7, 11) is -0.275. The summed E-state index contributed by atoms with van der Waals surface area (Å²) in [5, 5.41) is 3.18. The average molecular weight is 282 g/mol. The maximum atomic E-state index is 10.9. The molecule has 0 saturated heterocycles. The third kappa shape index (κ3) is 2.77. The highest BCUT2D eigenvalue weighted by Crippen LogP contribution is 2.17. The highest BCUT2D eigenvalue weighted by Gasteiger charge is 2.14. The largest absolute Gasteiger partial charge is 0.300 e. The van der Waals surface area contributed by atoms with Crippen molar-refractivity contribution in [1.82, 2.24) is 4.68 Å². The highest BCUT2D eigenvalue weighted by atomic mass is 32.2. The van der Waals surface area contributed by atoms with Crippen LogP contribution in [0, 0.1) is 6.92 Å². The molecule has 2 N–H and O–H groups in total. The number of anilines is 2. The summed E-state index contributed by atoms with van der Waals surface area (Å²) in [6.07, 6.45) is 0. The lowest BCUT2D eigenvalue weighted by Gasteiger charge is -2.01. The van der Waals surface area contributed by atoms with Crippen molar-refractivity contribution in [2.75, 3.05) is 5.32 Å². The molecule has 1 aromatic heterocycles. The van der Waals surface area contributed by atoms with Gasteiger partial charge >= 0.3 is 0 Å². The Hall–Kier alpha value is -1.86. The number of hydrogen-bond donors (Lipinski definition) is 2. The Kier molecular flexibility index (Phi) is 3.34. The van der Waals surface area contributed by atoms with Gasteiger partial charge < -0.3 is 0 Å². The Morgan fingerprint density at radius 2 is 1.84 bits per heavy atom. The van der Waals surface area contributed by atoms with E-state index in [0.29, 0.717) is 0 Å². The number of rotatable bonds is 3. The first-order valence-corrected chi connectivity index (χ1v) is 7.10. The second kappa shape index (κ2) is 4.67. The van der Waals surface area contributed by atoms with Gasteiger partial charge in [-0.15, -0.1) is 0 Å². The SMILES string of the molecule is Cc1cc(Nc2ccc(S(=O)(=O)O)cc2)[n+](C)n1C. The van der Waals surface area contributed by atoms with Crippen molar-refractivity contribution in [2.24, 2.45) is 14.1 Å². The third-order valence-corrected chi connectivity index (χ3v) is 3.95. The molecule has 0 radical (unpaired) electrons. The maximum Gasteiger partial charge on any atom is 0.300 e. The van der Waals surface area contributed by atoms with Crippen LogP contribution in [0.3, 0.4) is 0 Å². The molecule has 0 saturated carbocycles. The zero-order valence-electron chi connectivity index (χ0n) is 11.0. The van der Waals surface area contributed by atoms with E-state index in [2.05, 4.69) is 5.32 Å². The molecular weight excluding hydrogens is 266 g/mol. The fourth-order valence-electron chi connectivity index (χ4n) is 1.76. The van der Waals surface area contributed by atoms with Crippen LogP contribution >= 0.6 is 0 Å². The third-order valence-electron chi connectivity index (χ3n) is 3.08. The van der Waals surface area contributed by atoms with E-state index in [9.17, 15) is 8.42 Å². The molecule has 0 aliphatic carbocycles. The first kappa shape index (κ1) is 13.6. The molecule has 0 unspecified atom stereocenters. The van der Waals surface area contributed by atoms with E-state index >= 15 is 0 Å². The molecule has 0 bridgehead atoms. The van der Waals surface area contributed by atoms with Crippen LogP contribution in [-0.2, 0) is 24.2 Å². The smallest absolute Gasteiger partial charge is 0.282 e. The summed E-state index contributed by atoms with van der Waals surface area (Å²) >= 11 is 0. The van der Waals surface area contributed by atoms with E-state index in [1.807, 2.05) is 36.4 Å². The van der Waals surface area contributed by atoms with Gasteiger partial charge in [-0.2, -0.15) is 13.1 Å². The first-order valence-electron chi connectivity index (χ1n) is 5.66. The highest BCUT2D eigenvalue weighted by molar-refractivity contribution is 7.85. The van der Waals surface area contributed by atoms with Gasteiger partial charge in [0, 0.05) is 7.05 Å². The van der Waals surface area contributed by atoms with Crippen molar-refractivity contribution < 1.29 is 17.7 Å². The molecule has 6 nitrogen and oxygen atoms in total. The van der Waals surface area contributed by atoms with Crippen LogP contribution in [0.1, 0.15) is 5.69 Å². The maximum absolute atomic E-state index is 10.9. The Morgan fingerprint density at radius 1 is 1.26 bits per heavy atom. The van der Waals surface area contributed by atoms with Crippen LogP contribution in [0.5, 0.6) is 0 Å². The predicted molar refractivity (Wildman–Crippen MR) is 70.9 cm³/mol. The van der Waals surface area contributed by atoms with E-state index in [-0.39, 0.29) is 4.90 Å². The molecule has 102 valence electrons. The minimum absolute atomic E-state index is 0.119. The first-order chi connectivity index (χ1) is 8.79. The molecule has 0 amide bonds. The van der Waals surface area contributed by atoms with Gasteiger partial charge in [-0.25, -0.2) is 10.00 Å². The summed E-state index contributed by atoms with van der Waals surface area (Å²) in [4.78, 5) is -0.119. The fraction of sp³-hybridized carbons (Fsp3) is 0.250. The molecule has 0 aliphatic rings. The van der Waals surface area contributed by atoms with Crippen molar-refractivity contribution in [2.45, 2.75) is 11.8 Å². The Morgan fingerprint density at radius 3 is 2.26 bits per heavy atom. The molecule has 2 rings (SSSR count). The van der Waals surface area contributed by atoms with Gasteiger partial charge in [0.15, 0.2) is 0 Å². The number of aromatic nitrogens is 2.